The van der Waals surface area contributed by atoms with Crippen molar-refractivity contribution < 1.29 is 19.2 Å². The van der Waals surface area contributed by atoms with Crippen LogP contribution in [-0.2, 0) is 29.1 Å². The SMILES string of the molecule is O=C1CCC(N2C(=O)c3ccc(CN4CCc5c(ncn5C5CCCNC5)C4)cc3C2=O)C(=O)N1. The van der Waals surface area contributed by atoms with Crippen molar-refractivity contribution in [3.8, 4) is 0 Å². The van der Waals surface area contributed by atoms with Gasteiger partial charge < -0.3 is 9.88 Å². The van der Waals surface area contributed by atoms with Crippen molar-refractivity contribution >= 4 is 23.6 Å². The van der Waals surface area contributed by atoms with Gasteiger partial charge in [0.25, 0.3) is 11.8 Å². The minimum absolute atomic E-state index is 0.110. The van der Waals surface area contributed by atoms with Crippen molar-refractivity contribution in [3.05, 3.63) is 52.6 Å². The predicted octanol–water partition coefficient (Wildman–Crippen LogP) is 0.767. The van der Waals surface area contributed by atoms with E-state index < -0.39 is 23.8 Å². The van der Waals surface area contributed by atoms with Gasteiger partial charge in [-0.15, -0.1) is 0 Å². The second-order valence-corrected chi connectivity index (χ2v) is 9.83. The molecule has 2 unspecified atom stereocenters. The lowest BCUT2D eigenvalue weighted by Gasteiger charge is -2.30. The van der Waals surface area contributed by atoms with Gasteiger partial charge in [-0.3, -0.25) is 34.3 Å². The van der Waals surface area contributed by atoms with Crippen LogP contribution in [0.5, 0.6) is 0 Å². The molecule has 10 heteroatoms. The first-order valence-electron chi connectivity index (χ1n) is 12.3. The number of nitrogens with one attached hydrogen (secondary N) is 2. The van der Waals surface area contributed by atoms with E-state index in [9.17, 15) is 19.2 Å². The standard InChI is InChI=1S/C25H28N6O4/c32-22-6-5-21(23(33)28-22)31-24(34)17-4-3-15(10-18(17)25(31)35)12-29-9-7-20-19(13-29)27-14-30(20)16-2-1-8-26-11-16/h3-4,10,14,16,21,26H,1-2,5-9,11-13H2,(H,28,32,33). The van der Waals surface area contributed by atoms with Gasteiger partial charge in [-0.05, 0) is 43.5 Å². The lowest BCUT2D eigenvalue weighted by molar-refractivity contribution is -0.136. The van der Waals surface area contributed by atoms with Crippen molar-refractivity contribution in [3.63, 3.8) is 0 Å². The summed E-state index contributed by atoms with van der Waals surface area (Å²) >= 11 is 0. The summed E-state index contributed by atoms with van der Waals surface area (Å²) in [6, 6.07) is 4.85. The van der Waals surface area contributed by atoms with Crippen molar-refractivity contribution in [2.24, 2.45) is 0 Å². The average Bonchev–Trinajstić information content (AvgIpc) is 3.38. The molecule has 0 aliphatic carbocycles. The fourth-order valence-electron chi connectivity index (χ4n) is 5.78. The summed E-state index contributed by atoms with van der Waals surface area (Å²) in [5, 5.41) is 5.70. The topological polar surface area (TPSA) is 117 Å². The summed E-state index contributed by atoms with van der Waals surface area (Å²) < 4.78 is 2.35. The Bertz CT molecular complexity index is 1230. The fraction of sp³-hybridized carbons (Fsp3) is 0.480. The Balaban J connectivity index is 1.16. The van der Waals surface area contributed by atoms with Crippen molar-refractivity contribution in [2.75, 3.05) is 19.6 Å². The molecule has 2 saturated heterocycles. The molecule has 2 N–H and O–H groups in total. The number of carbonyl (C=O) groups is 4. The minimum Gasteiger partial charge on any atom is -0.330 e. The van der Waals surface area contributed by atoms with Crippen LogP contribution in [0.1, 0.15) is 69.4 Å². The third kappa shape index (κ3) is 3.86. The summed E-state index contributed by atoms with van der Waals surface area (Å²) in [5.74, 6) is -1.92. The number of fused-ring (bicyclic) bond motifs is 2. The van der Waals surface area contributed by atoms with Crippen LogP contribution in [0, 0.1) is 0 Å². The molecule has 4 aliphatic heterocycles. The van der Waals surface area contributed by atoms with E-state index in [4.69, 9.17) is 4.98 Å². The van der Waals surface area contributed by atoms with E-state index in [1.165, 1.54) is 18.5 Å². The molecule has 2 fully saturated rings. The Morgan fingerprint density at radius 3 is 2.69 bits per heavy atom. The molecule has 0 spiro atoms. The number of hydrogen-bond acceptors (Lipinski definition) is 7. The molecule has 0 saturated carbocycles. The summed E-state index contributed by atoms with van der Waals surface area (Å²) in [6.45, 7) is 4.36. The third-order valence-electron chi connectivity index (χ3n) is 7.60. The van der Waals surface area contributed by atoms with Crippen molar-refractivity contribution in [1.82, 2.24) is 30.0 Å². The number of imidazole rings is 1. The van der Waals surface area contributed by atoms with Gasteiger partial charge in [-0.2, -0.15) is 0 Å². The second-order valence-electron chi connectivity index (χ2n) is 9.83. The number of amides is 4. The maximum absolute atomic E-state index is 13.1. The minimum atomic E-state index is -0.946. The van der Waals surface area contributed by atoms with Crippen molar-refractivity contribution in [2.45, 2.75) is 57.3 Å². The van der Waals surface area contributed by atoms with Crippen LogP contribution in [0.15, 0.2) is 24.5 Å². The summed E-state index contributed by atoms with van der Waals surface area (Å²) in [6.07, 6.45) is 5.54. The molecular weight excluding hydrogens is 448 g/mol. The normalized spacial score (nSPS) is 25.0. The van der Waals surface area contributed by atoms with E-state index in [0.29, 0.717) is 23.7 Å². The molecule has 2 atom stereocenters. The number of aromatic nitrogens is 2. The van der Waals surface area contributed by atoms with E-state index in [2.05, 4.69) is 20.1 Å². The summed E-state index contributed by atoms with van der Waals surface area (Å²) in [5.41, 5.74) is 4.01. The van der Waals surface area contributed by atoms with E-state index in [0.717, 1.165) is 48.8 Å². The molecule has 2 aromatic rings. The average molecular weight is 477 g/mol. The second kappa shape index (κ2) is 8.69. The zero-order chi connectivity index (χ0) is 24.1. The quantitative estimate of drug-likeness (QED) is 0.626. The molecule has 5 heterocycles. The van der Waals surface area contributed by atoms with E-state index in [1.54, 1.807) is 12.1 Å². The largest absolute Gasteiger partial charge is 0.330 e. The molecule has 35 heavy (non-hydrogen) atoms. The maximum atomic E-state index is 13.1. The Morgan fingerprint density at radius 2 is 1.89 bits per heavy atom. The highest BCUT2D eigenvalue weighted by Gasteiger charge is 2.44. The number of piperidine rings is 2. The molecule has 4 aliphatic rings. The van der Waals surface area contributed by atoms with Crippen LogP contribution in [0.25, 0.3) is 0 Å². The zero-order valence-electron chi connectivity index (χ0n) is 19.5. The molecule has 6 rings (SSSR count). The lowest BCUT2D eigenvalue weighted by Crippen LogP contribution is -2.54. The number of imide groups is 2. The van der Waals surface area contributed by atoms with E-state index in [1.807, 2.05) is 12.4 Å². The number of carbonyl (C=O) groups excluding carboxylic acids is 4. The molecule has 10 nitrogen and oxygen atoms in total. The Kier molecular flexibility index (Phi) is 5.49. The lowest BCUT2D eigenvalue weighted by atomic mass is 10.0. The summed E-state index contributed by atoms with van der Waals surface area (Å²) in [7, 11) is 0. The zero-order valence-corrected chi connectivity index (χ0v) is 19.5. The van der Waals surface area contributed by atoms with Crippen LogP contribution in [0.2, 0.25) is 0 Å². The van der Waals surface area contributed by atoms with Gasteiger partial charge in [0.15, 0.2) is 0 Å². The van der Waals surface area contributed by atoms with Crippen LogP contribution >= 0.6 is 0 Å². The van der Waals surface area contributed by atoms with Gasteiger partial charge in [0.1, 0.15) is 6.04 Å². The smallest absolute Gasteiger partial charge is 0.262 e. The predicted molar refractivity (Wildman–Crippen MR) is 124 cm³/mol. The van der Waals surface area contributed by atoms with E-state index >= 15 is 0 Å². The highest BCUT2D eigenvalue weighted by molar-refractivity contribution is 6.23. The highest BCUT2D eigenvalue weighted by atomic mass is 16.2. The fourth-order valence-corrected chi connectivity index (χ4v) is 5.78. The maximum Gasteiger partial charge on any atom is 0.262 e. The Morgan fingerprint density at radius 1 is 1.03 bits per heavy atom. The van der Waals surface area contributed by atoms with Gasteiger partial charge in [0.2, 0.25) is 11.8 Å². The first kappa shape index (κ1) is 22.1. The van der Waals surface area contributed by atoms with Gasteiger partial charge in [0, 0.05) is 50.8 Å². The van der Waals surface area contributed by atoms with E-state index in [-0.39, 0.29) is 18.7 Å². The number of rotatable bonds is 4. The van der Waals surface area contributed by atoms with Gasteiger partial charge in [0.05, 0.1) is 23.1 Å². The molecule has 182 valence electrons. The molecule has 0 radical (unpaired) electrons. The molecular formula is C25H28N6O4. The van der Waals surface area contributed by atoms with Gasteiger partial charge in [-0.1, -0.05) is 6.07 Å². The van der Waals surface area contributed by atoms with Gasteiger partial charge in [-0.25, -0.2) is 4.98 Å². The number of hydrogen-bond donors (Lipinski definition) is 2. The first-order chi connectivity index (χ1) is 17.0. The van der Waals surface area contributed by atoms with Crippen molar-refractivity contribution in [1.29, 1.82) is 0 Å². The van der Waals surface area contributed by atoms with Crippen LogP contribution in [0.4, 0.5) is 0 Å². The Labute approximate surface area is 202 Å². The number of nitrogens with zero attached hydrogens (tertiary/aromatic N) is 4. The molecule has 4 amide bonds. The van der Waals surface area contributed by atoms with Crippen LogP contribution in [-0.4, -0.2) is 68.7 Å². The monoisotopic (exact) mass is 476 g/mol. The molecule has 0 bridgehead atoms. The van der Waals surface area contributed by atoms with Crippen LogP contribution in [0.3, 0.4) is 0 Å². The highest BCUT2D eigenvalue weighted by Crippen LogP contribution is 2.30. The number of benzene rings is 1. The Hall–Kier alpha value is -3.37. The molecule has 1 aromatic heterocycles. The molecule has 1 aromatic carbocycles. The van der Waals surface area contributed by atoms with Gasteiger partial charge >= 0.3 is 0 Å². The van der Waals surface area contributed by atoms with Crippen LogP contribution < -0.4 is 10.6 Å². The first-order valence-corrected chi connectivity index (χ1v) is 12.3. The summed E-state index contributed by atoms with van der Waals surface area (Å²) in [4.78, 5) is 57.8. The third-order valence-corrected chi connectivity index (χ3v) is 7.60.